The van der Waals surface area contributed by atoms with E-state index in [4.69, 9.17) is 5.73 Å². The van der Waals surface area contributed by atoms with Crippen LogP contribution in [-0.4, -0.2) is 44.2 Å². The van der Waals surface area contributed by atoms with E-state index in [1.807, 2.05) is 30.5 Å². The Morgan fingerprint density at radius 3 is 2.66 bits per heavy atom. The maximum atomic E-state index is 12.5. The van der Waals surface area contributed by atoms with Gasteiger partial charge in [-0.25, -0.2) is 13.2 Å². The fraction of sp³-hybridized carbons (Fsp3) is 0.273. The van der Waals surface area contributed by atoms with Gasteiger partial charge in [-0.3, -0.25) is 14.8 Å². The van der Waals surface area contributed by atoms with Crippen LogP contribution < -0.4 is 21.1 Å². The zero-order chi connectivity index (χ0) is 22.9. The Kier molecular flexibility index (Phi) is 5.90. The highest BCUT2D eigenvalue weighted by Gasteiger charge is 2.37. The molecule has 0 radical (unpaired) electrons. The van der Waals surface area contributed by atoms with Crippen LogP contribution in [0.25, 0.3) is 10.9 Å². The number of urea groups is 1. The lowest BCUT2D eigenvalue weighted by Gasteiger charge is -2.23. The molecule has 2 heterocycles. The van der Waals surface area contributed by atoms with Crippen LogP contribution in [0.15, 0.2) is 48.7 Å². The number of benzene rings is 2. The number of carbonyl (C=O) groups excluding carboxylic acids is 2. The first kappa shape index (κ1) is 21.8. The highest BCUT2D eigenvalue weighted by atomic mass is 32.2. The predicted molar refractivity (Wildman–Crippen MR) is 123 cm³/mol. The van der Waals surface area contributed by atoms with Crippen LogP contribution in [0.3, 0.4) is 0 Å². The molecule has 6 N–H and O–H groups in total. The second-order valence-electron chi connectivity index (χ2n) is 7.98. The number of carbonyl (C=O) groups is 2. The molecule has 1 saturated heterocycles. The van der Waals surface area contributed by atoms with Crippen molar-refractivity contribution in [2.24, 2.45) is 5.73 Å². The summed E-state index contributed by atoms with van der Waals surface area (Å²) in [6, 6.07) is 11.7. The number of nitrogens with two attached hydrogens (primary N) is 1. The number of hydrogen-bond acceptors (Lipinski definition) is 5. The summed E-state index contributed by atoms with van der Waals surface area (Å²) in [6.45, 7) is 0.516. The SMILES string of the molecule is CS(=O)(=O)Nc1cccc(CC(c2ccc3[nH]cc(CCN)c3c2)C2NC(=O)NC2=O)c1. The first-order valence-electron chi connectivity index (χ1n) is 10.2. The van der Waals surface area contributed by atoms with Gasteiger partial charge in [-0.2, -0.15) is 0 Å². The van der Waals surface area contributed by atoms with Gasteiger partial charge in [0.2, 0.25) is 10.0 Å². The van der Waals surface area contributed by atoms with Crippen LogP contribution in [0.4, 0.5) is 10.5 Å². The quantitative estimate of drug-likeness (QED) is 0.327. The second-order valence-corrected chi connectivity index (χ2v) is 9.73. The summed E-state index contributed by atoms with van der Waals surface area (Å²) in [4.78, 5) is 27.6. The molecular formula is C22H25N5O4S. The number of imide groups is 1. The van der Waals surface area contributed by atoms with Crippen molar-refractivity contribution in [2.75, 3.05) is 17.5 Å². The van der Waals surface area contributed by atoms with Gasteiger partial charge in [0.25, 0.3) is 5.91 Å². The van der Waals surface area contributed by atoms with Crippen molar-refractivity contribution in [1.82, 2.24) is 15.6 Å². The zero-order valence-corrected chi connectivity index (χ0v) is 18.3. The van der Waals surface area contributed by atoms with E-state index in [0.717, 1.165) is 33.8 Å². The smallest absolute Gasteiger partial charge is 0.322 e. The summed E-state index contributed by atoms with van der Waals surface area (Å²) >= 11 is 0. The van der Waals surface area contributed by atoms with Gasteiger partial charge in [0.15, 0.2) is 0 Å². The average Bonchev–Trinajstić information content (AvgIpc) is 3.27. The van der Waals surface area contributed by atoms with E-state index in [2.05, 4.69) is 20.3 Å². The Morgan fingerprint density at radius 1 is 1.16 bits per heavy atom. The lowest BCUT2D eigenvalue weighted by molar-refractivity contribution is -0.120. The normalized spacial score (nSPS) is 17.2. The Hall–Kier alpha value is -3.37. The summed E-state index contributed by atoms with van der Waals surface area (Å²) in [5, 5.41) is 6.05. The Morgan fingerprint density at radius 2 is 1.97 bits per heavy atom. The lowest BCUT2D eigenvalue weighted by Crippen LogP contribution is -2.36. The van der Waals surface area contributed by atoms with Gasteiger partial charge in [-0.05, 0) is 60.3 Å². The molecule has 1 aromatic heterocycles. The maximum Gasteiger partial charge on any atom is 0.322 e. The number of H-pyrrole nitrogens is 1. The topological polar surface area (TPSA) is 146 Å². The molecule has 32 heavy (non-hydrogen) atoms. The highest BCUT2D eigenvalue weighted by Crippen LogP contribution is 2.31. The molecule has 3 amide bonds. The molecule has 0 saturated carbocycles. The molecule has 9 nitrogen and oxygen atoms in total. The van der Waals surface area contributed by atoms with Gasteiger partial charge in [0.1, 0.15) is 6.04 Å². The molecule has 0 bridgehead atoms. The van der Waals surface area contributed by atoms with Gasteiger partial charge >= 0.3 is 6.03 Å². The fourth-order valence-corrected chi connectivity index (χ4v) is 4.72. The molecule has 4 rings (SSSR count). The Bertz CT molecular complexity index is 1280. The molecule has 10 heteroatoms. The number of rotatable bonds is 8. The summed E-state index contributed by atoms with van der Waals surface area (Å²) in [5.41, 5.74) is 9.95. The van der Waals surface area contributed by atoms with E-state index >= 15 is 0 Å². The van der Waals surface area contributed by atoms with E-state index in [1.54, 1.807) is 18.2 Å². The van der Waals surface area contributed by atoms with Crippen LogP contribution in [0.2, 0.25) is 0 Å². The minimum Gasteiger partial charge on any atom is -0.361 e. The van der Waals surface area contributed by atoms with Crippen molar-refractivity contribution >= 4 is 38.6 Å². The molecule has 1 aliphatic heterocycles. The minimum absolute atomic E-state index is 0.361. The first-order chi connectivity index (χ1) is 15.2. The Labute approximate surface area is 185 Å². The minimum atomic E-state index is -3.42. The lowest BCUT2D eigenvalue weighted by atomic mass is 9.85. The van der Waals surface area contributed by atoms with E-state index < -0.39 is 22.1 Å². The molecule has 2 aromatic carbocycles. The van der Waals surface area contributed by atoms with Gasteiger partial charge in [-0.15, -0.1) is 0 Å². The standard InChI is InChI=1S/C22H25N5O4S/c1-32(30,31)27-16-4-2-3-13(9-16)10-18(20-21(28)26-22(29)25-20)14-5-6-19-17(11-14)15(7-8-23)12-24-19/h2-6,9,11-12,18,20,24,27H,7-8,10,23H2,1H3,(H2,25,26,28,29). The van der Waals surface area contributed by atoms with Crippen LogP contribution in [0, 0.1) is 0 Å². The van der Waals surface area contributed by atoms with Gasteiger partial charge < -0.3 is 16.0 Å². The number of anilines is 1. The maximum absolute atomic E-state index is 12.5. The van der Waals surface area contributed by atoms with Crippen LogP contribution >= 0.6 is 0 Å². The van der Waals surface area contributed by atoms with Crippen molar-refractivity contribution in [3.8, 4) is 0 Å². The van der Waals surface area contributed by atoms with Crippen LogP contribution in [0.5, 0.6) is 0 Å². The van der Waals surface area contributed by atoms with Crippen molar-refractivity contribution in [3.05, 3.63) is 65.4 Å². The monoisotopic (exact) mass is 455 g/mol. The highest BCUT2D eigenvalue weighted by molar-refractivity contribution is 7.92. The molecule has 1 aliphatic rings. The molecule has 0 aliphatic carbocycles. The van der Waals surface area contributed by atoms with E-state index in [9.17, 15) is 18.0 Å². The van der Waals surface area contributed by atoms with Gasteiger partial charge in [0, 0.05) is 28.7 Å². The number of fused-ring (bicyclic) bond motifs is 1. The molecule has 2 unspecified atom stereocenters. The average molecular weight is 456 g/mol. The molecule has 2 atom stereocenters. The number of sulfonamides is 1. The summed E-state index contributed by atoms with van der Waals surface area (Å²) in [5.74, 6) is -0.748. The molecule has 3 aromatic rings. The zero-order valence-electron chi connectivity index (χ0n) is 17.5. The fourth-order valence-electron chi connectivity index (χ4n) is 4.16. The Balaban J connectivity index is 1.73. The molecule has 168 valence electrons. The molecule has 0 spiro atoms. The summed E-state index contributed by atoms with van der Waals surface area (Å²) in [7, 11) is -3.42. The summed E-state index contributed by atoms with van der Waals surface area (Å²) in [6.07, 6.45) is 4.15. The largest absolute Gasteiger partial charge is 0.361 e. The van der Waals surface area contributed by atoms with E-state index in [-0.39, 0.29) is 11.8 Å². The van der Waals surface area contributed by atoms with Crippen LogP contribution in [-0.2, 0) is 27.7 Å². The van der Waals surface area contributed by atoms with Gasteiger partial charge in [-0.1, -0.05) is 18.2 Å². The molecule has 1 fully saturated rings. The summed E-state index contributed by atoms with van der Waals surface area (Å²) < 4.78 is 25.7. The number of aromatic nitrogens is 1. The number of hydrogen-bond donors (Lipinski definition) is 5. The van der Waals surface area contributed by atoms with Crippen molar-refractivity contribution in [1.29, 1.82) is 0 Å². The number of amides is 3. The molecular weight excluding hydrogens is 430 g/mol. The third-order valence-corrected chi connectivity index (χ3v) is 6.13. The van der Waals surface area contributed by atoms with Gasteiger partial charge in [0.05, 0.1) is 6.26 Å². The predicted octanol–water partition coefficient (Wildman–Crippen LogP) is 1.57. The number of aromatic amines is 1. The second kappa shape index (κ2) is 8.64. The van der Waals surface area contributed by atoms with Crippen molar-refractivity contribution in [3.63, 3.8) is 0 Å². The van der Waals surface area contributed by atoms with Crippen molar-refractivity contribution in [2.45, 2.75) is 24.8 Å². The van der Waals surface area contributed by atoms with E-state index in [0.29, 0.717) is 25.1 Å². The first-order valence-corrected chi connectivity index (χ1v) is 12.1. The van der Waals surface area contributed by atoms with Crippen molar-refractivity contribution < 1.29 is 18.0 Å². The number of nitrogens with one attached hydrogen (secondary N) is 4. The third kappa shape index (κ3) is 4.76. The third-order valence-electron chi connectivity index (χ3n) is 5.53. The van der Waals surface area contributed by atoms with Crippen LogP contribution in [0.1, 0.15) is 22.6 Å². The van der Waals surface area contributed by atoms with E-state index in [1.165, 1.54) is 0 Å².